The topological polar surface area (TPSA) is 0 Å². The first kappa shape index (κ1) is 8.70. The number of hydrogen-bond donors (Lipinski definition) is 1. The first-order valence-corrected chi connectivity index (χ1v) is 4.97. The predicted molar refractivity (Wildman–Crippen MR) is 46.0 cm³/mol. The molecular formula is C6H14S2. The highest BCUT2D eigenvalue weighted by Crippen LogP contribution is 2.10. The minimum atomic E-state index is 0.827. The summed E-state index contributed by atoms with van der Waals surface area (Å²) >= 11 is 6.13. The van der Waals surface area contributed by atoms with Gasteiger partial charge in [-0.3, -0.25) is 0 Å². The van der Waals surface area contributed by atoms with Gasteiger partial charge in [-0.25, -0.2) is 0 Å². The average Bonchev–Trinajstić information content (AvgIpc) is 1.83. The lowest BCUT2D eigenvalue weighted by Crippen LogP contribution is -2.02. The first-order chi connectivity index (χ1) is 3.85. The van der Waals surface area contributed by atoms with Gasteiger partial charge in [0.2, 0.25) is 0 Å². The van der Waals surface area contributed by atoms with Gasteiger partial charge in [0.25, 0.3) is 0 Å². The summed E-state index contributed by atoms with van der Waals surface area (Å²) in [7, 11) is 0. The molecule has 0 aromatic rings. The molecule has 0 amide bonds. The molecule has 0 bridgehead atoms. The second-order valence-corrected chi connectivity index (χ2v) is 3.19. The van der Waals surface area contributed by atoms with Crippen molar-refractivity contribution in [3.63, 3.8) is 0 Å². The molecule has 8 heavy (non-hydrogen) atoms. The van der Waals surface area contributed by atoms with Crippen molar-refractivity contribution in [3.05, 3.63) is 0 Å². The van der Waals surface area contributed by atoms with Crippen LogP contribution in [0.1, 0.15) is 13.3 Å². The molecule has 0 aliphatic rings. The van der Waals surface area contributed by atoms with Crippen LogP contribution in [0.3, 0.4) is 0 Å². The van der Waals surface area contributed by atoms with Crippen molar-refractivity contribution in [2.75, 3.05) is 17.8 Å². The van der Waals surface area contributed by atoms with E-state index in [1.807, 2.05) is 11.8 Å². The van der Waals surface area contributed by atoms with Crippen LogP contribution in [-0.2, 0) is 0 Å². The maximum atomic E-state index is 4.22. The molecule has 1 unspecified atom stereocenters. The highest BCUT2D eigenvalue weighted by Gasteiger charge is 1.99. The van der Waals surface area contributed by atoms with E-state index in [1.54, 1.807) is 0 Å². The van der Waals surface area contributed by atoms with Crippen molar-refractivity contribution < 1.29 is 0 Å². The molecule has 0 saturated carbocycles. The molecule has 2 heteroatoms. The Bertz CT molecular complexity index is 41.8. The fourth-order valence-corrected chi connectivity index (χ4v) is 1.92. The summed E-state index contributed by atoms with van der Waals surface area (Å²) in [5.41, 5.74) is 0. The molecule has 0 aliphatic heterocycles. The third kappa shape index (κ3) is 3.67. The highest BCUT2D eigenvalue weighted by atomic mass is 32.2. The van der Waals surface area contributed by atoms with Crippen molar-refractivity contribution in [3.8, 4) is 0 Å². The molecule has 0 rings (SSSR count). The Morgan fingerprint density at radius 3 is 2.38 bits per heavy atom. The largest absolute Gasteiger partial charge is 0.179 e. The number of thioether (sulfide) groups is 1. The summed E-state index contributed by atoms with van der Waals surface area (Å²) in [6.07, 6.45) is 3.41. The Hall–Kier alpha value is 0.700. The standard InChI is InChI=1S/C6H14S2/c1-3-6(4-7)5-8-2/h6-7H,3-5H2,1-2H3. The van der Waals surface area contributed by atoms with Gasteiger partial charge in [0.15, 0.2) is 0 Å². The Labute approximate surface area is 61.8 Å². The van der Waals surface area contributed by atoms with Gasteiger partial charge in [-0.2, -0.15) is 24.4 Å². The molecule has 0 radical (unpaired) electrons. The van der Waals surface area contributed by atoms with Gasteiger partial charge in [-0.15, -0.1) is 0 Å². The second kappa shape index (κ2) is 5.83. The Kier molecular flexibility index (Phi) is 6.34. The zero-order chi connectivity index (χ0) is 6.41. The van der Waals surface area contributed by atoms with Gasteiger partial charge in [0, 0.05) is 0 Å². The quantitative estimate of drug-likeness (QED) is 0.600. The van der Waals surface area contributed by atoms with E-state index >= 15 is 0 Å². The number of hydrogen-bond acceptors (Lipinski definition) is 2. The van der Waals surface area contributed by atoms with Gasteiger partial charge in [0.1, 0.15) is 0 Å². The van der Waals surface area contributed by atoms with Crippen LogP contribution in [0.4, 0.5) is 0 Å². The summed E-state index contributed by atoms with van der Waals surface area (Å²) in [4.78, 5) is 0. The third-order valence-corrected chi connectivity index (χ3v) is 2.56. The third-order valence-electron chi connectivity index (χ3n) is 1.24. The lowest BCUT2D eigenvalue weighted by molar-refractivity contribution is 0.650. The molecule has 0 nitrogen and oxygen atoms in total. The molecule has 0 aromatic carbocycles. The van der Waals surface area contributed by atoms with Crippen LogP contribution in [0.15, 0.2) is 0 Å². The maximum Gasteiger partial charge on any atom is -0.00342 e. The summed E-state index contributed by atoms with van der Waals surface area (Å²) in [5, 5.41) is 0. The van der Waals surface area contributed by atoms with E-state index in [0.717, 1.165) is 11.7 Å². The van der Waals surface area contributed by atoms with Gasteiger partial charge in [-0.1, -0.05) is 13.3 Å². The molecule has 50 valence electrons. The van der Waals surface area contributed by atoms with Crippen LogP contribution in [-0.4, -0.2) is 17.8 Å². The van der Waals surface area contributed by atoms with Crippen molar-refractivity contribution in [1.29, 1.82) is 0 Å². The van der Waals surface area contributed by atoms with Crippen molar-refractivity contribution >= 4 is 24.4 Å². The van der Waals surface area contributed by atoms with Gasteiger partial charge < -0.3 is 0 Å². The van der Waals surface area contributed by atoms with Gasteiger partial charge in [-0.05, 0) is 23.7 Å². The fraction of sp³-hybridized carbons (Fsp3) is 1.00. The average molecular weight is 150 g/mol. The lowest BCUT2D eigenvalue weighted by atomic mass is 10.2. The van der Waals surface area contributed by atoms with Crippen LogP contribution in [0.5, 0.6) is 0 Å². The van der Waals surface area contributed by atoms with E-state index in [1.165, 1.54) is 12.2 Å². The van der Waals surface area contributed by atoms with E-state index in [2.05, 4.69) is 25.8 Å². The monoisotopic (exact) mass is 150 g/mol. The van der Waals surface area contributed by atoms with Crippen LogP contribution in [0, 0.1) is 5.92 Å². The number of thiol groups is 1. The highest BCUT2D eigenvalue weighted by molar-refractivity contribution is 7.98. The molecule has 0 aliphatic carbocycles. The lowest BCUT2D eigenvalue weighted by Gasteiger charge is -2.07. The minimum Gasteiger partial charge on any atom is -0.179 e. The second-order valence-electron chi connectivity index (χ2n) is 1.91. The van der Waals surface area contributed by atoms with E-state index in [-0.39, 0.29) is 0 Å². The first-order valence-electron chi connectivity index (χ1n) is 2.95. The van der Waals surface area contributed by atoms with Crippen LogP contribution in [0.25, 0.3) is 0 Å². The minimum absolute atomic E-state index is 0.827. The summed E-state index contributed by atoms with van der Waals surface area (Å²) in [5.74, 6) is 3.13. The predicted octanol–water partition coefficient (Wildman–Crippen LogP) is 2.31. The zero-order valence-electron chi connectivity index (χ0n) is 5.55. The van der Waals surface area contributed by atoms with E-state index in [9.17, 15) is 0 Å². The summed E-state index contributed by atoms with van der Waals surface area (Å²) in [6.45, 7) is 2.22. The smallest absolute Gasteiger partial charge is 0.00342 e. The molecule has 0 N–H and O–H groups in total. The van der Waals surface area contributed by atoms with Gasteiger partial charge >= 0.3 is 0 Å². The molecule has 1 atom stereocenters. The zero-order valence-corrected chi connectivity index (χ0v) is 7.27. The van der Waals surface area contributed by atoms with E-state index < -0.39 is 0 Å². The van der Waals surface area contributed by atoms with E-state index in [0.29, 0.717) is 0 Å². The van der Waals surface area contributed by atoms with Crippen LogP contribution < -0.4 is 0 Å². The number of rotatable bonds is 4. The molecular weight excluding hydrogens is 136 g/mol. The van der Waals surface area contributed by atoms with Crippen LogP contribution >= 0.6 is 24.4 Å². The molecule has 0 heterocycles. The van der Waals surface area contributed by atoms with Crippen molar-refractivity contribution in [1.82, 2.24) is 0 Å². The maximum absolute atomic E-state index is 4.22. The van der Waals surface area contributed by atoms with Crippen LogP contribution in [0.2, 0.25) is 0 Å². The van der Waals surface area contributed by atoms with Crippen molar-refractivity contribution in [2.45, 2.75) is 13.3 Å². The normalized spacial score (nSPS) is 13.9. The SMILES string of the molecule is CCC(CS)CSC. The Morgan fingerprint density at radius 2 is 2.25 bits per heavy atom. The Balaban J connectivity index is 3.07. The van der Waals surface area contributed by atoms with E-state index in [4.69, 9.17) is 0 Å². The molecule has 0 saturated heterocycles. The summed E-state index contributed by atoms with van der Waals surface area (Å²) < 4.78 is 0. The Morgan fingerprint density at radius 1 is 1.62 bits per heavy atom. The fourth-order valence-electron chi connectivity index (χ4n) is 0.535. The molecule has 0 spiro atoms. The van der Waals surface area contributed by atoms with Crippen molar-refractivity contribution in [2.24, 2.45) is 5.92 Å². The molecule has 0 aromatic heterocycles. The summed E-state index contributed by atoms with van der Waals surface area (Å²) in [6, 6.07) is 0. The van der Waals surface area contributed by atoms with Gasteiger partial charge in [0.05, 0.1) is 0 Å². The molecule has 0 fully saturated rings.